The highest BCUT2D eigenvalue weighted by Gasteiger charge is 2.28. The van der Waals surface area contributed by atoms with Crippen LogP contribution in [0.5, 0.6) is 5.75 Å². The number of benzene rings is 1. The van der Waals surface area contributed by atoms with Gasteiger partial charge < -0.3 is 15.2 Å². The Morgan fingerprint density at radius 3 is 2.94 bits per heavy atom. The molecule has 0 radical (unpaired) electrons. The van der Waals surface area contributed by atoms with Crippen molar-refractivity contribution in [3.8, 4) is 5.75 Å². The van der Waals surface area contributed by atoms with Crippen LogP contribution in [-0.2, 0) is 0 Å². The molecule has 0 aromatic heterocycles. The lowest BCUT2D eigenvalue weighted by Crippen LogP contribution is -2.38. The van der Waals surface area contributed by atoms with Crippen molar-refractivity contribution in [3.63, 3.8) is 0 Å². The molecule has 3 nitrogen and oxygen atoms in total. The Morgan fingerprint density at radius 2 is 2.17 bits per heavy atom. The van der Waals surface area contributed by atoms with Crippen LogP contribution in [0.3, 0.4) is 0 Å². The SMILES string of the molecule is OCC(F)(F)CNC[C@@H]1CCOc2ccccc21. The molecule has 0 saturated heterocycles. The van der Waals surface area contributed by atoms with E-state index in [4.69, 9.17) is 9.84 Å². The van der Waals surface area contributed by atoms with Gasteiger partial charge in [-0.1, -0.05) is 18.2 Å². The molecular formula is C13H17F2NO2. The lowest BCUT2D eigenvalue weighted by Gasteiger charge is -2.26. The second-order valence-electron chi connectivity index (χ2n) is 4.52. The van der Waals surface area contributed by atoms with Crippen molar-refractivity contribution in [2.45, 2.75) is 18.3 Å². The van der Waals surface area contributed by atoms with Crippen LogP contribution in [-0.4, -0.2) is 37.3 Å². The molecule has 0 spiro atoms. The number of halogens is 2. The van der Waals surface area contributed by atoms with E-state index >= 15 is 0 Å². The van der Waals surface area contributed by atoms with Crippen LogP contribution in [0, 0.1) is 0 Å². The fourth-order valence-electron chi connectivity index (χ4n) is 2.11. The van der Waals surface area contributed by atoms with Crippen LogP contribution in [0.4, 0.5) is 8.78 Å². The van der Waals surface area contributed by atoms with Crippen molar-refractivity contribution < 1.29 is 18.6 Å². The number of fused-ring (bicyclic) bond motifs is 1. The van der Waals surface area contributed by atoms with Crippen LogP contribution >= 0.6 is 0 Å². The van der Waals surface area contributed by atoms with E-state index in [1.54, 1.807) is 0 Å². The molecular weight excluding hydrogens is 240 g/mol. The molecule has 0 fully saturated rings. The summed E-state index contributed by atoms with van der Waals surface area (Å²) in [7, 11) is 0. The van der Waals surface area contributed by atoms with Gasteiger partial charge in [-0.05, 0) is 18.1 Å². The zero-order valence-corrected chi connectivity index (χ0v) is 10.0. The monoisotopic (exact) mass is 257 g/mol. The minimum atomic E-state index is -3.05. The lowest BCUT2D eigenvalue weighted by molar-refractivity contribution is -0.0477. The Balaban J connectivity index is 1.92. The van der Waals surface area contributed by atoms with Crippen molar-refractivity contribution in [2.24, 2.45) is 0 Å². The fourth-order valence-corrected chi connectivity index (χ4v) is 2.11. The first-order valence-corrected chi connectivity index (χ1v) is 6.03. The Morgan fingerprint density at radius 1 is 1.39 bits per heavy atom. The molecule has 0 amide bonds. The Bertz CT molecular complexity index is 398. The summed E-state index contributed by atoms with van der Waals surface area (Å²) in [6.07, 6.45) is 0.814. The number of alkyl halides is 2. The minimum absolute atomic E-state index is 0.185. The van der Waals surface area contributed by atoms with Crippen molar-refractivity contribution in [1.82, 2.24) is 5.32 Å². The molecule has 18 heavy (non-hydrogen) atoms. The molecule has 0 aliphatic carbocycles. The third-order valence-electron chi connectivity index (χ3n) is 3.09. The third-order valence-corrected chi connectivity index (χ3v) is 3.09. The molecule has 1 heterocycles. The Hall–Kier alpha value is -1.20. The maximum atomic E-state index is 12.9. The number of hydrogen-bond acceptors (Lipinski definition) is 3. The molecule has 1 aliphatic rings. The number of aliphatic hydroxyl groups excluding tert-OH is 1. The molecule has 0 bridgehead atoms. The number of hydrogen-bond donors (Lipinski definition) is 2. The molecule has 0 unspecified atom stereocenters. The number of para-hydroxylation sites is 1. The predicted molar refractivity (Wildman–Crippen MR) is 64.2 cm³/mol. The van der Waals surface area contributed by atoms with Crippen molar-refractivity contribution in [2.75, 3.05) is 26.3 Å². The molecule has 1 aromatic carbocycles. The number of aliphatic hydroxyl groups is 1. The topological polar surface area (TPSA) is 41.5 Å². The second-order valence-corrected chi connectivity index (χ2v) is 4.52. The van der Waals surface area contributed by atoms with E-state index in [0.29, 0.717) is 13.2 Å². The highest BCUT2D eigenvalue weighted by Crippen LogP contribution is 2.32. The highest BCUT2D eigenvalue weighted by atomic mass is 19.3. The summed E-state index contributed by atoms with van der Waals surface area (Å²) in [5.74, 6) is -2.03. The third kappa shape index (κ3) is 3.17. The Kier molecular flexibility index (Phi) is 4.14. The van der Waals surface area contributed by atoms with E-state index in [0.717, 1.165) is 17.7 Å². The maximum absolute atomic E-state index is 12.9. The van der Waals surface area contributed by atoms with Gasteiger partial charge in [0.25, 0.3) is 5.92 Å². The average Bonchev–Trinajstić information content (AvgIpc) is 2.39. The molecule has 0 saturated carbocycles. The van der Waals surface area contributed by atoms with Crippen molar-refractivity contribution >= 4 is 0 Å². The van der Waals surface area contributed by atoms with Gasteiger partial charge in [0, 0.05) is 12.5 Å². The number of nitrogens with one attached hydrogen (secondary N) is 1. The molecule has 100 valence electrons. The van der Waals surface area contributed by atoms with Gasteiger partial charge in [-0.2, -0.15) is 0 Å². The van der Waals surface area contributed by atoms with Gasteiger partial charge >= 0.3 is 0 Å². The van der Waals surface area contributed by atoms with E-state index in [1.807, 2.05) is 24.3 Å². The summed E-state index contributed by atoms with van der Waals surface area (Å²) in [5, 5.41) is 11.2. The normalized spacial score (nSPS) is 19.2. The summed E-state index contributed by atoms with van der Waals surface area (Å²) in [4.78, 5) is 0. The zero-order chi connectivity index (χ0) is 13.0. The van der Waals surface area contributed by atoms with Crippen LogP contribution in [0.15, 0.2) is 24.3 Å². The van der Waals surface area contributed by atoms with Crippen LogP contribution in [0.1, 0.15) is 17.9 Å². The van der Waals surface area contributed by atoms with Gasteiger partial charge in [0.05, 0.1) is 13.2 Å². The van der Waals surface area contributed by atoms with E-state index < -0.39 is 19.1 Å². The van der Waals surface area contributed by atoms with E-state index in [1.165, 1.54) is 0 Å². The summed E-state index contributed by atoms with van der Waals surface area (Å²) < 4.78 is 31.2. The van der Waals surface area contributed by atoms with Gasteiger partial charge in [-0.25, -0.2) is 8.78 Å². The van der Waals surface area contributed by atoms with Crippen LogP contribution in [0.25, 0.3) is 0 Å². The Labute approximate surface area is 105 Å². The minimum Gasteiger partial charge on any atom is -0.493 e. The molecule has 1 aromatic rings. The first-order valence-electron chi connectivity index (χ1n) is 6.03. The highest BCUT2D eigenvalue weighted by molar-refractivity contribution is 5.37. The molecule has 2 rings (SSSR count). The predicted octanol–water partition coefficient (Wildman–Crippen LogP) is 1.77. The summed E-state index contributed by atoms with van der Waals surface area (Å²) >= 11 is 0. The van der Waals surface area contributed by atoms with Gasteiger partial charge in [0.15, 0.2) is 0 Å². The molecule has 1 atom stereocenters. The smallest absolute Gasteiger partial charge is 0.282 e. The number of rotatable bonds is 5. The maximum Gasteiger partial charge on any atom is 0.282 e. The van der Waals surface area contributed by atoms with Gasteiger partial charge in [0.2, 0.25) is 0 Å². The first-order chi connectivity index (χ1) is 8.62. The molecule has 1 aliphatic heterocycles. The summed E-state index contributed by atoms with van der Waals surface area (Å²) in [6.45, 7) is -0.539. The standard InChI is InChI=1S/C13H17F2NO2/c14-13(15,9-17)8-16-7-10-5-6-18-12-4-2-1-3-11(10)12/h1-4,10,16-17H,5-9H2/t10-/m0/s1. The van der Waals surface area contributed by atoms with E-state index in [2.05, 4.69) is 5.32 Å². The lowest BCUT2D eigenvalue weighted by atomic mass is 9.93. The van der Waals surface area contributed by atoms with Gasteiger partial charge in [-0.3, -0.25) is 0 Å². The molecule has 5 heteroatoms. The van der Waals surface area contributed by atoms with Gasteiger partial charge in [0.1, 0.15) is 12.4 Å². The summed E-state index contributed by atoms with van der Waals surface area (Å²) in [6, 6.07) is 7.67. The first kappa shape index (κ1) is 13.2. The second kappa shape index (κ2) is 5.63. The molecule has 2 N–H and O–H groups in total. The van der Waals surface area contributed by atoms with Crippen molar-refractivity contribution in [1.29, 1.82) is 0 Å². The van der Waals surface area contributed by atoms with Crippen LogP contribution < -0.4 is 10.1 Å². The quantitative estimate of drug-likeness (QED) is 0.844. The fraction of sp³-hybridized carbons (Fsp3) is 0.538. The summed E-state index contributed by atoms with van der Waals surface area (Å²) in [5.41, 5.74) is 1.06. The number of ether oxygens (including phenoxy) is 1. The average molecular weight is 257 g/mol. The van der Waals surface area contributed by atoms with E-state index in [9.17, 15) is 8.78 Å². The van der Waals surface area contributed by atoms with Crippen molar-refractivity contribution in [3.05, 3.63) is 29.8 Å². The largest absolute Gasteiger partial charge is 0.493 e. The van der Waals surface area contributed by atoms with Crippen LogP contribution in [0.2, 0.25) is 0 Å². The zero-order valence-electron chi connectivity index (χ0n) is 10.0. The van der Waals surface area contributed by atoms with E-state index in [-0.39, 0.29) is 5.92 Å². The van der Waals surface area contributed by atoms with Gasteiger partial charge in [-0.15, -0.1) is 0 Å².